The molecule has 6 nitrogen and oxygen atoms in total. The molecule has 1 fully saturated rings. The lowest BCUT2D eigenvalue weighted by Gasteiger charge is -2.20. The van der Waals surface area contributed by atoms with E-state index in [0.29, 0.717) is 27.5 Å². The van der Waals surface area contributed by atoms with Gasteiger partial charge >= 0.3 is 0 Å². The van der Waals surface area contributed by atoms with E-state index in [2.05, 4.69) is 15.3 Å². The van der Waals surface area contributed by atoms with E-state index in [0.717, 1.165) is 25.9 Å². The second kappa shape index (κ2) is 10.1. The van der Waals surface area contributed by atoms with E-state index in [9.17, 15) is 4.39 Å². The third-order valence-electron chi connectivity index (χ3n) is 4.92. The van der Waals surface area contributed by atoms with Crippen molar-refractivity contribution in [1.82, 2.24) is 10.3 Å². The first-order valence-electron chi connectivity index (χ1n) is 9.62. The highest BCUT2D eigenvalue weighted by Gasteiger charge is 2.20. The number of piperidine rings is 1. The zero-order valence-corrected chi connectivity index (χ0v) is 18.1. The molecular weight excluding hydrogens is 428 g/mol. The number of aromatic nitrogens is 1. The SMILES string of the molecule is CC(Oc1cc(C(C=NC2CCNCC2)=CN)cnc1N)c1c(Cl)ccc(F)c1Cl. The summed E-state index contributed by atoms with van der Waals surface area (Å²) in [5, 5.41) is 3.52. The van der Waals surface area contributed by atoms with Crippen molar-refractivity contribution in [1.29, 1.82) is 0 Å². The van der Waals surface area contributed by atoms with Crippen LogP contribution >= 0.6 is 23.2 Å². The standard InChI is InChI=1S/C21H24Cl2FN5O/c1-12(19-16(22)2-3-17(24)20(19)23)30-18-8-13(10-29-21(18)26)14(9-25)11-28-15-4-6-27-7-5-15/h2-3,8-12,15,27H,4-7,25H2,1H3,(H2,26,29). The molecule has 9 heteroatoms. The minimum Gasteiger partial charge on any atom is -0.482 e. The van der Waals surface area contributed by atoms with Crippen molar-refractivity contribution in [3.8, 4) is 5.75 Å². The zero-order chi connectivity index (χ0) is 21.7. The number of ether oxygens (including phenoxy) is 1. The number of aliphatic imine (C=N–C) groups is 1. The first-order valence-corrected chi connectivity index (χ1v) is 10.4. The van der Waals surface area contributed by atoms with Gasteiger partial charge in [0, 0.05) is 40.3 Å². The molecule has 0 aliphatic carbocycles. The van der Waals surface area contributed by atoms with Gasteiger partial charge in [-0.2, -0.15) is 0 Å². The number of anilines is 1. The molecule has 1 aromatic heterocycles. The van der Waals surface area contributed by atoms with Crippen LogP contribution in [0.15, 0.2) is 35.6 Å². The topological polar surface area (TPSA) is 98.5 Å². The van der Waals surface area contributed by atoms with Gasteiger partial charge in [0.25, 0.3) is 0 Å². The predicted molar refractivity (Wildman–Crippen MR) is 121 cm³/mol. The Labute approximate surface area is 185 Å². The lowest BCUT2D eigenvalue weighted by Crippen LogP contribution is -2.29. The minimum absolute atomic E-state index is 0.0886. The van der Waals surface area contributed by atoms with Gasteiger partial charge in [0.1, 0.15) is 11.9 Å². The average molecular weight is 452 g/mol. The number of nitrogens with one attached hydrogen (secondary N) is 1. The number of allylic oxidation sites excluding steroid dienone is 1. The second-order valence-corrected chi connectivity index (χ2v) is 7.79. The van der Waals surface area contributed by atoms with E-state index >= 15 is 0 Å². The number of rotatable bonds is 6. The number of benzene rings is 1. The average Bonchev–Trinajstić information content (AvgIpc) is 2.74. The first kappa shape index (κ1) is 22.3. The maximum atomic E-state index is 13.9. The second-order valence-electron chi connectivity index (χ2n) is 7.01. The van der Waals surface area contributed by atoms with E-state index in [4.69, 9.17) is 39.4 Å². The Balaban J connectivity index is 1.82. The fourth-order valence-corrected chi connectivity index (χ4v) is 3.91. The number of nitrogens with two attached hydrogens (primary N) is 2. The summed E-state index contributed by atoms with van der Waals surface area (Å²) in [7, 11) is 0. The number of nitrogen functional groups attached to an aromatic ring is 1. The van der Waals surface area contributed by atoms with E-state index < -0.39 is 11.9 Å². The van der Waals surface area contributed by atoms with Crippen LogP contribution in [-0.4, -0.2) is 30.3 Å². The van der Waals surface area contributed by atoms with Gasteiger partial charge in [-0.1, -0.05) is 23.2 Å². The highest BCUT2D eigenvalue weighted by molar-refractivity contribution is 6.36. The van der Waals surface area contributed by atoms with E-state index in [1.807, 2.05) is 0 Å². The molecule has 5 N–H and O–H groups in total. The van der Waals surface area contributed by atoms with Crippen LogP contribution in [0.25, 0.3) is 5.57 Å². The van der Waals surface area contributed by atoms with Gasteiger partial charge in [-0.15, -0.1) is 0 Å². The summed E-state index contributed by atoms with van der Waals surface area (Å²) in [4.78, 5) is 8.83. The molecule has 1 atom stereocenters. The van der Waals surface area contributed by atoms with Crippen molar-refractivity contribution < 1.29 is 9.13 Å². The Bertz CT molecular complexity index is 961. The summed E-state index contributed by atoms with van der Waals surface area (Å²) in [5.74, 6) is -0.0826. The predicted octanol–water partition coefficient (Wildman–Crippen LogP) is 4.37. The van der Waals surface area contributed by atoms with Crippen molar-refractivity contribution in [2.75, 3.05) is 18.8 Å². The molecule has 160 valence electrons. The number of hydrogen-bond donors (Lipinski definition) is 3. The largest absolute Gasteiger partial charge is 0.482 e. The van der Waals surface area contributed by atoms with Crippen molar-refractivity contribution in [3.05, 3.63) is 57.6 Å². The van der Waals surface area contributed by atoms with E-state index in [1.54, 1.807) is 25.4 Å². The molecule has 1 aliphatic rings. The summed E-state index contributed by atoms with van der Waals surface area (Å²) in [5.41, 5.74) is 13.5. The smallest absolute Gasteiger partial charge is 0.166 e. The quantitative estimate of drug-likeness (QED) is 0.447. The Morgan fingerprint density at radius 3 is 2.80 bits per heavy atom. The van der Waals surface area contributed by atoms with Crippen LogP contribution < -0.4 is 21.5 Å². The fourth-order valence-electron chi connectivity index (χ4n) is 3.23. The zero-order valence-electron chi connectivity index (χ0n) is 16.5. The third-order valence-corrected chi connectivity index (χ3v) is 5.63. The van der Waals surface area contributed by atoms with Crippen molar-refractivity contribution in [2.24, 2.45) is 10.7 Å². The lowest BCUT2D eigenvalue weighted by atomic mass is 10.1. The minimum atomic E-state index is -0.659. The fraction of sp³-hybridized carbons (Fsp3) is 0.333. The molecule has 1 aromatic carbocycles. The molecule has 3 rings (SSSR count). The monoisotopic (exact) mass is 451 g/mol. The van der Waals surface area contributed by atoms with Gasteiger partial charge in [0.15, 0.2) is 11.6 Å². The molecule has 0 bridgehead atoms. The number of nitrogens with zero attached hydrogens (tertiary/aromatic N) is 2. The van der Waals surface area contributed by atoms with Crippen LogP contribution in [-0.2, 0) is 0 Å². The lowest BCUT2D eigenvalue weighted by molar-refractivity contribution is 0.227. The van der Waals surface area contributed by atoms with Crippen molar-refractivity contribution >= 4 is 40.8 Å². The van der Waals surface area contributed by atoms with Gasteiger partial charge in [-0.25, -0.2) is 9.37 Å². The highest BCUT2D eigenvalue weighted by Crippen LogP contribution is 2.36. The number of hydrogen-bond acceptors (Lipinski definition) is 6. The molecular formula is C21H24Cl2FN5O. The molecule has 0 amide bonds. The van der Waals surface area contributed by atoms with E-state index in [-0.39, 0.29) is 16.9 Å². The van der Waals surface area contributed by atoms with Crippen molar-refractivity contribution in [2.45, 2.75) is 31.9 Å². The summed E-state index contributed by atoms with van der Waals surface area (Å²) in [6, 6.07) is 4.61. The van der Waals surface area contributed by atoms with Crippen LogP contribution in [0.4, 0.5) is 10.2 Å². The number of halogens is 3. The van der Waals surface area contributed by atoms with Crippen molar-refractivity contribution in [3.63, 3.8) is 0 Å². The van der Waals surface area contributed by atoms with Crippen LogP contribution in [0.2, 0.25) is 10.0 Å². The molecule has 2 heterocycles. The van der Waals surface area contributed by atoms with Gasteiger partial charge in [0.2, 0.25) is 0 Å². The van der Waals surface area contributed by atoms with Gasteiger partial charge in [0.05, 0.1) is 11.1 Å². The van der Waals surface area contributed by atoms with Crippen LogP contribution in [0.3, 0.4) is 0 Å². The van der Waals surface area contributed by atoms with Crippen LogP contribution in [0.1, 0.15) is 37.0 Å². The number of pyridine rings is 1. The molecule has 30 heavy (non-hydrogen) atoms. The molecule has 1 unspecified atom stereocenters. The molecule has 2 aromatic rings. The Morgan fingerprint density at radius 1 is 1.37 bits per heavy atom. The maximum Gasteiger partial charge on any atom is 0.166 e. The summed E-state index contributed by atoms with van der Waals surface area (Å²) in [6.07, 6.45) is 6.11. The summed E-state index contributed by atoms with van der Waals surface area (Å²) >= 11 is 12.3. The molecule has 1 saturated heterocycles. The normalized spacial score (nSPS) is 16.7. The van der Waals surface area contributed by atoms with Crippen LogP contribution in [0, 0.1) is 5.82 Å². The van der Waals surface area contributed by atoms with Gasteiger partial charge in [-0.3, -0.25) is 4.99 Å². The first-order chi connectivity index (χ1) is 14.4. The maximum absolute atomic E-state index is 13.9. The Morgan fingerprint density at radius 2 is 2.10 bits per heavy atom. The van der Waals surface area contributed by atoms with Crippen LogP contribution in [0.5, 0.6) is 5.75 Å². The highest BCUT2D eigenvalue weighted by atomic mass is 35.5. The molecule has 1 aliphatic heterocycles. The summed E-state index contributed by atoms with van der Waals surface area (Å²) < 4.78 is 19.8. The molecule has 0 radical (unpaired) electrons. The van der Waals surface area contributed by atoms with Gasteiger partial charge < -0.3 is 21.5 Å². The van der Waals surface area contributed by atoms with Gasteiger partial charge in [-0.05, 0) is 51.1 Å². The third kappa shape index (κ3) is 5.22. The summed E-state index contributed by atoms with van der Waals surface area (Å²) in [6.45, 7) is 3.61. The molecule has 0 spiro atoms. The molecule has 0 saturated carbocycles. The Kier molecular flexibility index (Phi) is 7.53. The van der Waals surface area contributed by atoms with E-state index in [1.165, 1.54) is 18.3 Å². The Hall–Kier alpha value is -2.35.